The zero-order valence-electron chi connectivity index (χ0n) is 9.63. The molecule has 0 rings (SSSR count). The lowest BCUT2D eigenvalue weighted by atomic mass is 10.1. The monoisotopic (exact) mass is 216 g/mol. The van der Waals surface area contributed by atoms with Gasteiger partial charge in [0.1, 0.15) is 5.38 Å². The molecule has 0 radical (unpaired) electrons. The minimum atomic E-state index is -0.382. The summed E-state index contributed by atoms with van der Waals surface area (Å²) in [4.78, 5) is 2.27. The van der Waals surface area contributed by atoms with Gasteiger partial charge in [-0.25, -0.2) is 0 Å². The van der Waals surface area contributed by atoms with Crippen LogP contribution in [0.1, 0.15) is 27.7 Å². The SMILES string of the molecule is CC(C)CN(CC(C)C)CC(Cl)C#N. The van der Waals surface area contributed by atoms with Crippen molar-refractivity contribution in [1.82, 2.24) is 4.90 Å². The van der Waals surface area contributed by atoms with Gasteiger partial charge in [-0.1, -0.05) is 27.7 Å². The van der Waals surface area contributed by atoms with E-state index in [1.54, 1.807) is 0 Å². The third-order valence-corrected chi connectivity index (χ3v) is 2.04. The molecule has 0 saturated heterocycles. The van der Waals surface area contributed by atoms with Crippen LogP contribution < -0.4 is 0 Å². The first-order valence-electron chi connectivity index (χ1n) is 5.21. The van der Waals surface area contributed by atoms with Gasteiger partial charge in [-0.15, -0.1) is 11.6 Å². The van der Waals surface area contributed by atoms with E-state index in [1.807, 2.05) is 0 Å². The van der Waals surface area contributed by atoms with Gasteiger partial charge in [0, 0.05) is 19.6 Å². The molecular formula is C11H21ClN2. The maximum atomic E-state index is 8.64. The Labute approximate surface area is 92.8 Å². The van der Waals surface area contributed by atoms with Crippen molar-refractivity contribution in [2.75, 3.05) is 19.6 Å². The predicted octanol–water partition coefficient (Wildman–Crippen LogP) is 2.73. The highest BCUT2D eigenvalue weighted by molar-refractivity contribution is 6.22. The van der Waals surface area contributed by atoms with Gasteiger partial charge in [0.15, 0.2) is 0 Å². The molecule has 0 aliphatic carbocycles. The highest BCUT2D eigenvalue weighted by atomic mass is 35.5. The molecule has 0 fully saturated rings. The summed E-state index contributed by atoms with van der Waals surface area (Å²) in [6, 6.07) is 2.07. The highest BCUT2D eigenvalue weighted by Gasteiger charge is 2.13. The summed E-state index contributed by atoms with van der Waals surface area (Å²) in [6.45, 7) is 11.4. The smallest absolute Gasteiger partial charge is 0.133 e. The second kappa shape index (κ2) is 7.09. The molecule has 0 amide bonds. The van der Waals surface area contributed by atoms with Crippen LogP contribution in [0, 0.1) is 23.2 Å². The van der Waals surface area contributed by atoms with Crippen molar-refractivity contribution in [3.8, 4) is 6.07 Å². The lowest BCUT2D eigenvalue weighted by molar-refractivity contribution is 0.225. The van der Waals surface area contributed by atoms with Crippen molar-refractivity contribution in [3.05, 3.63) is 0 Å². The second-order valence-corrected chi connectivity index (χ2v) is 5.13. The Hall–Kier alpha value is -0.260. The largest absolute Gasteiger partial charge is 0.300 e. The first-order chi connectivity index (χ1) is 6.45. The van der Waals surface area contributed by atoms with Crippen molar-refractivity contribution in [3.63, 3.8) is 0 Å². The van der Waals surface area contributed by atoms with Gasteiger partial charge in [0.25, 0.3) is 0 Å². The molecule has 0 aromatic rings. The Morgan fingerprint density at radius 3 is 1.79 bits per heavy atom. The number of nitriles is 1. The third-order valence-electron chi connectivity index (χ3n) is 1.81. The Kier molecular flexibility index (Phi) is 6.96. The molecule has 82 valence electrons. The summed E-state index contributed by atoms with van der Waals surface area (Å²) in [5.41, 5.74) is 0. The van der Waals surface area contributed by atoms with Gasteiger partial charge in [-0.05, 0) is 11.8 Å². The Morgan fingerprint density at radius 2 is 1.50 bits per heavy atom. The number of rotatable bonds is 6. The lowest BCUT2D eigenvalue weighted by Gasteiger charge is -2.26. The Balaban J connectivity index is 4.04. The number of alkyl halides is 1. The predicted molar refractivity (Wildman–Crippen MR) is 61.4 cm³/mol. The first kappa shape index (κ1) is 13.7. The second-order valence-electron chi connectivity index (χ2n) is 4.60. The van der Waals surface area contributed by atoms with Crippen molar-refractivity contribution < 1.29 is 0 Å². The van der Waals surface area contributed by atoms with Gasteiger partial charge in [-0.3, -0.25) is 0 Å². The fourth-order valence-electron chi connectivity index (χ4n) is 1.52. The fraction of sp³-hybridized carbons (Fsp3) is 0.909. The molecule has 0 aliphatic heterocycles. The number of hydrogen-bond acceptors (Lipinski definition) is 2. The van der Waals surface area contributed by atoms with E-state index >= 15 is 0 Å². The van der Waals surface area contributed by atoms with E-state index in [1.165, 1.54) is 0 Å². The van der Waals surface area contributed by atoms with Crippen LogP contribution >= 0.6 is 11.6 Å². The van der Waals surface area contributed by atoms with E-state index in [0.717, 1.165) is 13.1 Å². The molecule has 0 heterocycles. The minimum absolute atomic E-state index is 0.382. The van der Waals surface area contributed by atoms with Gasteiger partial charge in [0.05, 0.1) is 6.07 Å². The van der Waals surface area contributed by atoms with E-state index in [2.05, 4.69) is 38.7 Å². The molecule has 2 nitrogen and oxygen atoms in total. The summed E-state index contributed by atoms with van der Waals surface area (Å²) in [5, 5.41) is 8.26. The molecule has 3 heteroatoms. The van der Waals surface area contributed by atoms with Gasteiger partial charge in [-0.2, -0.15) is 5.26 Å². The van der Waals surface area contributed by atoms with Crippen LogP contribution in [0.5, 0.6) is 0 Å². The molecule has 14 heavy (non-hydrogen) atoms. The number of hydrogen-bond donors (Lipinski definition) is 0. The summed E-state index contributed by atoms with van der Waals surface area (Å²) in [5.74, 6) is 1.24. The lowest BCUT2D eigenvalue weighted by Crippen LogP contribution is -2.35. The fourth-order valence-corrected chi connectivity index (χ4v) is 1.72. The number of halogens is 1. The molecule has 0 aliphatic rings. The molecule has 0 spiro atoms. The van der Waals surface area contributed by atoms with Crippen LogP contribution in [0.3, 0.4) is 0 Å². The maximum absolute atomic E-state index is 8.64. The van der Waals surface area contributed by atoms with Crippen molar-refractivity contribution in [2.45, 2.75) is 33.1 Å². The van der Waals surface area contributed by atoms with Crippen LogP contribution in [0.2, 0.25) is 0 Å². The van der Waals surface area contributed by atoms with E-state index in [-0.39, 0.29) is 5.38 Å². The zero-order chi connectivity index (χ0) is 11.1. The van der Waals surface area contributed by atoms with Crippen LogP contribution in [0.4, 0.5) is 0 Å². The zero-order valence-corrected chi connectivity index (χ0v) is 10.4. The molecule has 0 saturated carbocycles. The van der Waals surface area contributed by atoms with E-state index in [0.29, 0.717) is 18.4 Å². The van der Waals surface area contributed by atoms with E-state index < -0.39 is 0 Å². The molecule has 0 N–H and O–H groups in total. The molecule has 0 aromatic heterocycles. The van der Waals surface area contributed by atoms with Crippen LogP contribution in [-0.4, -0.2) is 29.9 Å². The summed E-state index contributed by atoms with van der Waals surface area (Å²) in [7, 11) is 0. The third kappa shape index (κ3) is 7.17. The summed E-state index contributed by atoms with van der Waals surface area (Å²) >= 11 is 5.82. The Morgan fingerprint density at radius 1 is 1.07 bits per heavy atom. The highest BCUT2D eigenvalue weighted by Crippen LogP contribution is 2.06. The van der Waals surface area contributed by atoms with Crippen molar-refractivity contribution >= 4 is 11.6 Å². The van der Waals surface area contributed by atoms with Crippen LogP contribution in [0.15, 0.2) is 0 Å². The van der Waals surface area contributed by atoms with Crippen molar-refractivity contribution in [1.29, 1.82) is 5.26 Å². The average Bonchev–Trinajstić information content (AvgIpc) is 2.01. The van der Waals surface area contributed by atoms with Crippen molar-refractivity contribution in [2.24, 2.45) is 11.8 Å². The normalized spacial score (nSPS) is 13.6. The number of nitrogens with zero attached hydrogens (tertiary/aromatic N) is 2. The quantitative estimate of drug-likeness (QED) is 0.639. The maximum Gasteiger partial charge on any atom is 0.133 e. The summed E-state index contributed by atoms with van der Waals surface area (Å²) in [6.07, 6.45) is 0. The van der Waals surface area contributed by atoms with Gasteiger partial charge < -0.3 is 4.90 Å². The minimum Gasteiger partial charge on any atom is -0.300 e. The molecule has 1 unspecified atom stereocenters. The molecule has 0 bridgehead atoms. The van der Waals surface area contributed by atoms with Crippen LogP contribution in [-0.2, 0) is 0 Å². The van der Waals surface area contributed by atoms with Gasteiger partial charge >= 0.3 is 0 Å². The Bertz CT molecular complexity index is 174. The first-order valence-corrected chi connectivity index (χ1v) is 5.65. The molecule has 0 aromatic carbocycles. The average molecular weight is 217 g/mol. The standard InChI is InChI=1S/C11H21ClN2/c1-9(2)6-14(7-10(3)4)8-11(12)5-13/h9-11H,6-8H2,1-4H3. The molecular weight excluding hydrogens is 196 g/mol. The van der Waals surface area contributed by atoms with E-state index in [9.17, 15) is 0 Å². The van der Waals surface area contributed by atoms with E-state index in [4.69, 9.17) is 16.9 Å². The summed E-state index contributed by atoms with van der Waals surface area (Å²) < 4.78 is 0. The van der Waals surface area contributed by atoms with Gasteiger partial charge in [0.2, 0.25) is 0 Å². The van der Waals surface area contributed by atoms with Crippen LogP contribution in [0.25, 0.3) is 0 Å². The molecule has 1 atom stereocenters. The topological polar surface area (TPSA) is 27.0 Å².